The van der Waals surface area contributed by atoms with E-state index in [2.05, 4.69) is 82.9 Å². The normalized spacial score (nSPS) is 12.1. The van der Waals surface area contributed by atoms with Crippen LogP contribution in [0, 0.1) is 0 Å². The number of benzene rings is 3. The SMILES string of the molecule is Cn1c(-c2ccc(B3c4ccccc4-c4ccccc43)cc2)cnc1-c1ccon1. The van der Waals surface area contributed by atoms with E-state index < -0.39 is 0 Å². The largest absolute Gasteiger partial charge is 0.364 e. The number of imidazole rings is 1. The summed E-state index contributed by atoms with van der Waals surface area (Å²) in [5.41, 5.74) is 9.64. The molecule has 142 valence electrons. The van der Waals surface area contributed by atoms with Crippen LogP contribution in [0.5, 0.6) is 0 Å². The lowest BCUT2D eigenvalue weighted by molar-refractivity contribution is 0.421. The molecule has 2 aromatic heterocycles. The van der Waals surface area contributed by atoms with Crippen LogP contribution in [0.3, 0.4) is 0 Å². The van der Waals surface area contributed by atoms with Crippen LogP contribution in [0.25, 0.3) is 33.9 Å². The van der Waals surface area contributed by atoms with Crippen molar-refractivity contribution in [1.82, 2.24) is 14.7 Å². The van der Waals surface area contributed by atoms with E-state index in [0.29, 0.717) is 0 Å². The van der Waals surface area contributed by atoms with Gasteiger partial charge in [-0.25, -0.2) is 4.98 Å². The van der Waals surface area contributed by atoms with Gasteiger partial charge in [-0.3, -0.25) is 0 Å². The summed E-state index contributed by atoms with van der Waals surface area (Å²) in [6.07, 6.45) is 3.45. The van der Waals surface area contributed by atoms with Crippen LogP contribution in [-0.2, 0) is 7.05 Å². The second kappa shape index (κ2) is 6.60. The first-order valence-corrected chi connectivity index (χ1v) is 10.0. The highest BCUT2D eigenvalue weighted by molar-refractivity contribution is 6.99. The van der Waals surface area contributed by atoms with Crippen LogP contribution in [0.2, 0.25) is 0 Å². The summed E-state index contributed by atoms with van der Waals surface area (Å²) in [4.78, 5) is 4.53. The van der Waals surface area contributed by atoms with Crippen molar-refractivity contribution in [2.45, 2.75) is 0 Å². The van der Waals surface area contributed by atoms with Gasteiger partial charge in [-0.1, -0.05) is 94.3 Å². The molecule has 4 nitrogen and oxygen atoms in total. The zero-order chi connectivity index (χ0) is 20.1. The van der Waals surface area contributed by atoms with E-state index >= 15 is 0 Å². The summed E-state index contributed by atoms with van der Waals surface area (Å²) in [6, 6.07) is 28.1. The van der Waals surface area contributed by atoms with E-state index in [1.165, 1.54) is 27.5 Å². The highest BCUT2D eigenvalue weighted by Gasteiger charge is 2.32. The van der Waals surface area contributed by atoms with Crippen molar-refractivity contribution in [3.8, 4) is 33.9 Å². The van der Waals surface area contributed by atoms with Crippen LogP contribution >= 0.6 is 0 Å². The minimum Gasteiger partial charge on any atom is -0.364 e. The second-order valence-corrected chi connectivity index (χ2v) is 7.64. The maximum absolute atomic E-state index is 4.97. The van der Waals surface area contributed by atoms with Crippen LogP contribution in [0.15, 0.2) is 95.8 Å². The van der Waals surface area contributed by atoms with E-state index in [-0.39, 0.29) is 6.71 Å². The van der Waals surface area contributed by atoms with Crippen molar-refractivity contribution in [2.75, 3.05) is 0 Å². The Labute approximate surface area is 174 Å². The Morgan fingerprint density at radius 2 is 1.47 bits per heavy atom. The van der Waals surface area contributed by atoms with Gasteiger partial charge in [0.05, 0.1) is 11.9 Å². The van der Waals surface area contributed by atoms with Gasteiger partial charge < -0.3 is 9.09 Å². The van der Waals surface area contributed by atoms with Gasteiger partial charge >= 0.3 is 0 Å². The number of rotatable bonds is 3. The van der Waals surface area contributed by atoms with Gasteiger partial charge in [0.2, 0.25) is 6.71 Å². The van der Waals surface area contributed by atoms with Crippen molar-refractivity contribution in [1.29, 1.82) is 0 Å². The van der Waals surface area contributed by atoms with Gasteiger partial charge in [-0.2, -0.15) is 0 Å². The summed E-state index contributed by atoms with van der Waals surface area (Å²) in [6.45, 7) is 0.267. The van der Waals surface area contributed by atoms with E-state index in [9.17, 15) is 0 Å². The Morgan fingerprint density at radius 1 is 0.800 bits per heavy atom. The van der Waals surface area contributed by atoms with Crippen molar-refractivity contribution in [3.05, 3.63) is 91.3 Å². The molecule has 0 bridgehead atoms. The van der Waals surface area contributed by atoms with E-state index in [0.717, 1.165) is 22.8 Å². The molecule has 0 saturated heterocycles. The second-order valence-electron chi connectivity index (χ2n) is 7.64. The molecule has 1 aliphatic heterocycles. The summed E-state index contributed by atoms with van der Waals surface area (Å²) in [5.74, 6) is 0.793. The average Bonchev–Trinajstić information content (AvgIpc) is 3.51. The summed E-state index contributed by atoms with van der Waals surface area (Å²) in [7, 11) is 2.00. The lowest BCUT2D eigenvalue weighted by Gasteiger charge is -2.12. The van der Waals surface area contributed by atoms with Gasteiger partial charge in [0.15, 0.2) is 5.82 Å². The van der Waals surface area contributed by atoms with Gasteiger partial charge in [0.25, 0.3) is 0 Å². The highest BCUT2D eigenvalue weighted by Crippen LogP contribution is 2.25. The third-order valence-corrected chi connectivity index (χ3v) is 6.03. The fraction of sp³-hybridized carbons (Fsp3) is 0.0400. The minimum atomic E-state index is 0.267. The zero-order valence-electron chi connectivity index (χ0n) is 16.5. The minimum absolute atomic E-state index is 0.267. The Bertz CT molecular complexity index is 1310. The molecule has 0 amide bonds. The molecule has 3 aromatic carbocycles. The fourth-order valence-electron chi connectivity index (χ4n) is 4.60. The third-order valence-electron chi connectivity index (χ3n) is 6.03. The monoisotopic (exact) mass is 387 g/mol. The molecule has 0 saturated carbocycles. The molecule has 5 heteroatoms. The molecular weight excluding hydrogens is 369 g/mol. The van der Waals surface area contributed by atoms with Crippen LogP contribution in [0.4, 0.5) is 0 Å². The Balaban J connectivity index is 1.40. The molecule has 0 aliphatic carbocycles. The smallest absolute Gasteiger partial charge is 0.242 e. The molecule has 0 radical (unpaired) electrons. The van der Waals surface area contributed by atoms with Crippen molar-refractivity contribution in [3.63, 3.8) is 0 Å². The Kier molecular flexibility index (Phi) is 3.75. The molecular formula is C25H18BN3O. The topological polar surface area (TPSA) is 43.9 Å². The summed E-state index contributed by atoms with van der Waals surface area (Å²) in [5, 5.41) is 4.01. The first-order valence-electron chi connectivity index (χ1n) is 10.0. The Morgan fingerprint density at radius 3 is 2.10 bits per heavy atom. The van der Waals surface area contributed by atoms with Gasteiger partial charge in [-0.15, -0.1) is 0 Å². The molecule has 1 aliphatic rings. The third kappa shape index (κ3) is 2.48. The molecule has 0 spiro atoms. The molecule has 0 fully saturated rings. The van der Waals surface area contributed by atoms with E-state index in [4.69, 9.17) is 4.52 Å². The van der Waals surface area contributed by atoms with Crippen LogP contribution < -0.4 is 16.4 Å². The molecule has 0 unspecified atom stereocenters. The zero-order valence-corrected chi connectivity index (χ0v) is 16.5. The fourth-order valence-corrected chi connectivity index (χ4v) is 4.60. The predicted octanol–water partition coefficient (Wildman–Crippen LogP) is 3.24. The molecule has 5 aromatic rings. The number of nitrogens with zero attached hydrogens (tertiary/aromatic N) is 3. The quantitative estimate of drug-likeness (QED) is 0.438. The Hall–Kier alpha value is -3.86. The molecule has 0 atom stereocenters. The standard InChI is InChI=1S/C25H18BN3O/c1-29-24(16-27-25(29)23-14-15-30-28-23)17-10-12-18(13-11-17)26-21-8-4-2-6-19(21)20-7-3-5-9-22(20)26/h2-16H,1H3. The van der Waals surface area contributed by atoms with E-state index in [1.54, 1.807) is 6.26 Å². The summed E-state index contributed by atoms with van der Waals surface area (Å²) >= 11 is 0. The molecule has 3 heterocycles. The maximum atomic E-state index is 4.97. The first-order chi connectivity index (χ1) is 14.8. The van der Waals surface area contributed by atoms with Crippen molar-refractivity contribution < 1.29 is 4.52 Å². The van der Waals surface area contributed by atoms with Crippen molar-refractivity contribution in [2.24, 2.45) is 7.05 Å². The van der Waals surface area contributed by atoms with Gasteiger partial charge in [-0.05, 0) is 16.7 Å². The number of hydrogen-bond acceptors (Lipinski definition) is 3. The van der Waals surface area contributed by atoms with Gasteiger partial charge in [0.1, 0.15) is 12.0 Å². The molecule has 0 N–H and O–H groups in total. The number of fused-ring (bicyclic) bond motifs is 3. The molecule has 6 rings (SSSR count). The lowest BCUT2D eigenvalue weighted by atomic mass is 9.39. The highest BCUT2D eigenvalue weighted by atomic mass is 16.5. The number of aromatic nitrogens is 3. The lowest BCUT2D eigenvalue weighted by Crippen LogP contribution is -2.48. The van der Waals surface area contributed by atoms with Crippen molar-refractivity contribution >= 4 is 23.1 Å². The number of hydrogen-bond donors (Lipinski definition) is 0. The van der Waals surface area contributed by atoms with Crippen LogP contribution in [0.1, 0.15) is 0 Å². The van der Waals surface area contributed by atoms with E-state index in [1.807, 2.05) is 23.9 Å². The maximum Gasteiger partial charge on any atom is 0.242 e. The summed E-state index contributed by atoms with van der Waals surface area (Å²) < 4.78 is 7.01. The predicted molar refractivity (Wildman–Crippen MR) is 121 cm³/mol. The average molecular weight is 387 g/mol. The first kappa shape index (κ1) is 17.0. The van der Waals surface area contributed by atoms with Gasteiger partial charge in [0, 0.05) is 13.1 Å². The van der Waals surface area contributed by atoms with Crippen LogP contribution in [-0.4, -0.2) is 21.4 Å². The molecule has 30 heavy (non-hydrogen) atoms.